The maximum absolute atomic E-state index is 12.9. The number of aryl methyl sites for hydroxylation is 1. The fourth-order valence-corrected chi connectivity index (χ4v) is 2.93. The Morgan fingerprint density at radius 2 is 2.26 bits per heavy atom. The van der Waals surface area contributed by atoms with Gasteiger partial charge in [0.05, 0.1) is 11.5 Å². The molecule has 23 heavy (non-hydrogen) atoms. The lowest BCUT2D eigenvalue weighted by molar-refractivity contribution is 0.0696. The molecule has 1 saturated heterocycles. The molecule has 0 N–H and O–H groups in total. The van der Waals surface area contributed by atoms with E-state index in [1.165, 1.54) is 0 Å². The van der Waals surface area contributed by atoms with Crippen molar-refractivity contribution in [2.24, 2.45) is 0 Å². The summed E-state index contributed by atoms with van der Waals surface area (Å²) in [6, 6.07) is 3.62. The molecule has 2 aromatic heterocycles. The molecule has 1 aliphatic heterocycles. The van der Waals surface area contributed by atoms with Gasteiger partial charge in [0.25, 0.3) is 5.91 Å². The van der Waals surface area contributed by atoms with Crippen LogP contribution in [0, 0.1) is 6.92 Å². The number of rotatable bonds is 3. The minimum Gasteiger partial charge on any atom is -0.362 e. The van der Waals surface area contributed by atoms with E-state index in [9.17, 15) is 4.79 Å². The number of likely N-dealkylation sites (tertiary alicyclic amines) is 1. The molecule has 0 spiro atoms. The Kier molecular flexibility index (Phi) is 4.27. The first-order chi connectivity index (χ1) is 11.1. The van der Waals surface area contributed by atoms with Crippen LogP contribution >= 0.6 is 0 Å². The van der Waals surface area contributed by atoms with Gasteiger partial charge in [-0.3, -0.25) is 4.79 Å². The van der Waals surface area contributed by atoms with Gasteiger partial charge in [0.1, 0.15) is 5.82 Å². The predicted molar refractivity (Wildman–Crippen MR) is 85.5 cm³/mol. The molecule has 0 saturated carbocycles. The molecular weight excluding hydrogens is 294 g/mol. The maximum Gasteiger partial charge on any atom is 0.257 e. The van der Waals surface area contributed by atoms with Gasteiger partial charge >= 0.3 is 0 Å². The van der Waals surface area contributed by atoms with Crippen molar-refractivity contribution in [3.63, 3.8) is 0 Å². The van der Waals surface area contributed by atoms with E-state index in [-0.39, 0.29) is 11.8 Å². The van der Waals surface area contributed by atoms with Crippen LogP contribution in [0.25, 0.3) is 0 Å². The summed E-state index contributed by atoms with van der Waals surface area (Å²) in [4.78, 5) is 25.2. The minimum atomic E-state index is 0.00253. The summed E-state index contributed by atoms with van der Waals surface area (Å²) in [5.74, 6) is 2.05. The highest BCUT2D eigenvalue weighted by Gasteiger charge is 2.30. The lowest BCUT2D eigenvalue weighted by Gasteiger charge is -2.31. The molecule has 7 heteroatoms. The van der Waals surface area contributed by atoms with Gasteiger partial charge in [0.15, 0.2) is 5.82 Å². The Hall–Kier alpha value is -2.44. The van der Waals surface area contributed by atoms with Gasteiger partial charge in [-0.1, -0.05) is 5.16 Å². The van der Waals surface area contributed by atoms with Crippen molar-refractivity contribution >= 4 is 11.7 Å². The van der Waals surface area contributed by atoms with Crippen LogP contribution < -0.4 is 4.90 Å². The Labute approximate surface area is 135 Å². The second-order valence-electron chi connectivity index (χ2n) is 6.04. The highest BCUT2D eigenvalue weighted by molar-refractivity contribution is 5.98. The lowest BCUT2D eigenvalue weighted by atomic mass is 9.97. The average molecular weight is 315 g/mol. The van der Waals surface area contributed by atoms with Crippen molar-refractivity contribution in [3.8, 4) is 0 Å². The second kappa shape index (κ2) is 6.36. The third-order valence-corrected chi connectivity index (χ3v) is 4.04. The van der Waals surface area contributed by atoms with Crippen molar-refractivity contribution in [1.29, 1.82) is 0 Å². The van der Waals surface area contributed by atoms with Crippen molar-refractivity contribution in [2.75, 3.05) is 32.1 Å². The molecule has 0 bridgehead atoms. The summed E-state index contributed by atoms with van der Waals surface area (Å²) in [6.07, 6.45) is 3.58. The highest BCUT2D eigenvalue weighted by atomic mass is 16.5. The quantitative estimate of drug-likeness (QED) is 0.860. The molecule has 0 unspecified atom stereocenters. The smallest absolute Gasteiger partial charge is 0.257 e. The average Bonchev–Trinajstić information content (AvgIpc) is 3.01. The lowest BCUT2D eigenvalue weighted by Crippen LogP contribution is -2.39. The predicted octanol–water partition coefficient (Wildman–Crippen LogP) is 1.86. The number of hydrogen-bond acceptors (Lipinski definition) is 6. The van der Waals surface area contributed by atoms with Gasteiger partial charge in [0, 0.05) is 33.4 Å². The molecular formula is C16H21N5O2. The number of pyridine rings is 1. The zero-order chi connectivity index (χ0) is 16.4. The molecule has 1 aliphatic rings. The fourth-order valence-electron chi connectivity index (χ4n) is 2.93. The van der Waals surface area contributed by atoms with Gasteiger partial charge < -0.3 is 14.3 Å². The second-order valence-corrected chi connectivity index (χ2v) is 6.04. The third kappa shape index (κ3) is 3.18. The molecule has 0 radical (unpaired) electrons. The summed E-state index contributed by atoms with van der Waals surface area (Å²) in [6.45, 7) is 3.14. The largest absolute Gasteiger partial charge is 0.362 e. The van der Waals surface area contributed by atoms with Crippen LogP contribution in [-0.2, 0) is 0 Å². The molecule has 1 amide bonds. The van der Waals surface area contributed by atoms with E-state index >= 15 is 0 Å². The zero-order valence-electron chi connectivity index (χ0n) is 13.7. The third-order valence-electron chi connectivity index (χ3n) is 4.04. The first-order valence-electron chi connectivity index (χ1n) is 7.78. The Morgan fingerprint density at radius 1 is 1.43 bits per heavy atom. The highest BCUT2D eigenvalue weighted by Crippen LogP contribution is 2.27. The van der Waals surface area contributed by atoms with E-state index in [4.69, 9.17) is 4.52 Å². The molecule has 0 aliphatic carbocycles. The van der Waals surface area contributed by atoms with Crippen molar-refractivity contribution in [1.82, 2.24) is 20.0 Å². The molecule has 1 fully saturated rings. The standard InChI is InChI=1S/C16H21N5O2/c1-11-18-15(23-19-11)12-6-5-9-21(10-12)16(22)13-7-4-8-17-14(13)20(2)3/h4,7-8,12H,5-6,9-10H2,1-3H3/t12-/m0/s1. The SMILES string of the molecule is Cc1noc([C@H]2CCCN(C(=O)c3cccnc3N(C)C)C2)n1. The number of nitrogens with zero attached hydrogens (tertiary/aromatic N) is 5. The number of anilines is 1. The van der Waals surface area contributed by atoms with Crippen LogP contribution in [0.2, 0.25) is 0 Å². The van der Waals surface area contributed by atoms with Crippen LogP contribution in [0.1, 0.15) is 40.8 Å². The van der Waals surface area contributed by atoms with Crippen molar-refractivity contribution in [2.45, 2.75) is 25.7 Å². The van der Waals surface area contributed by atoms with E-state index in [0.29, 0.717) is 29.6 Å². The molecule has 1 atom stereocenters. The molecule has 3 rings (SSSR count). The van der Waals surface area contributed by atoms with Crippen LogP contribution in [0.4, 0.5) is 5.82 Å². The van der Waals surface area contributed by atoms with Gasteiger partial charge in [-0.25, -0.2) is 4.98 Å². The summed E-state index contributed by atoms with van der Waals surface area (Å²) < 4.78 is 5.28. The number of piperidine rings is 1. The molecule has 0 aromatic carbocycles. The number of amides is 1. The van der Waals surface area contributed by atoms with E-state index in [1.807, 2.05) is 30.0 Å². The van der Waals surface area contributed by atoms with Crippen LogP contribution in [-0.4, -0.2) is 53.1 Å². The first-order valence-corrected chi connectivity index (χ1v) is 7.78. The van der Waals surface area contributed by atoms with Crippen molar-refractivity contribution < 1.29 is 9.32 Å². The molecule has 3 heterocycles. The van der Waals surface area contributed by atoms with Gasteiger partial charge in [-0.05, 0) is 31.9 Å². The van der Waals surface area contributed by atoms with E-state index in [1.54, 1.807) is 19.2 Å². The first kappa shape index (κ1) is 15.5. The summed E-state index contributed by atoms with van der Waals surface area (Å²) in [7, 11) is 3.78. The topological polar surface area (TPSA) is 75.4 Å². The van der Waals surface area contributed by atoms with Crippen LogP contribution in [0.5, 0.6) is 0 Å². The van der Waals surface area contributed by atoms with E-state index in [0.717, 1.165) is 19.4 Å². The van der Waals surface area contributed by atoms with Gasteiger partial charge in [-0.2, -0.15) is 4.98 Å². The van der Waals surface area contributed by atoms with Gasteiger partial charge in [-0.15, -0.1) is 0 Å². The monoisotopic (exact) mass is 315 g/mol. The zero-order valence-corrected chi connectivity index (χ0v) is 13.7. The molecule has 2 aromatic rings. The van der Waals surface area contributed by atoms with Crippen molar-refractivity contribution in [3.05, 3.63) is 35.6 Å². The van der Waals surface area contributed by atoms with Crippen LogP contribution in [0.15, 0.2) is 22.9 Å². The molecule has 7 nitrogen and oxygen atoms in total. The number of carbonyl (C=O) groups is 1. The van der Waals surface area contributed by atoms with E-state index < -0.39 is 0 Å². The van der Waals surface area contributed by atoms with E-state index in [2.05, 4.69) is 15.1 Å². The number of carbonyl (C=O) groups excluding carboxylic acids is 1. The Bertz CT molecular complexity index is 697. The Morgan fingerprint density at radius 3 is 2.96 bits per heavy atom. The fraction of sp³-hybridized carbons (Fsp3) is 0.500. The minimum absolute atomic E-state index is 0.00253. The Balaban J connectivity index is 1.80. The summed E-state index contributed by atoms with van der Waals surface area (Å²) >= 11 is 0. The van der Waals surface area contributed by atoms with Gasteiger partial charge in [0.2, 0.25) is 5.89 Å². The summed E-state index contributed by atoms with van der Waals surface area (Å²) in [5.41, 5.74) is 0.625. The number of hydrogen-bond donors (Lipinski definition) is 0. The molecule has 122 valence electrons. The summed E-state index contributed by atoms with van der Waals surface area (Å²) in [5, 5.41) is 3.85. The normalized spacial score (nSPS) is 18.0. The number of aromatic nitrogens is 3. The maximum atomic E-state index is 12.9. The van der Waals surface area contributed by atoms with Crippen LogP contribution in [0.3, 0.4) is 0 Å².